The van der Waals surface area contributed by atoms with Crippen LogP contribution in [-0.2, 0) is 0 Å². The van der Waals surface area contributed by atoms with Crippen molar-refractivity contribution in [3.8, 4) is 5.75 Å². The third-order valence-corrected chi connectivity index (χ3v) is 2.48. The number of methoxy groups -OCH3 is 1. The highest BCUT2D eigenvalue weighted by Gasteiger charge is 2.09. The molecule has 0 fully saturated rings. The number of rotatable bonds is 2. The molecular weight excluding hydrogens is 222 g/mol. The minimum absolute atomic E-state index is 0.212. The van der Waals surface area contributed by atoms with Crippen LogP contribution in [0.5, 0.6) is 5.75 Å². The Hall–Kier alpha value is -2.30. The summed E-state index contributed by atoms with van der Waals surface area (Å²) in [6.07, 6.45) is 0. The van der Waals surface area contributed by atoms with Crippen LogP contribution in [0.15, 0.2) is 38.6 Å². The topological polar surface area (TPSA) is 72.0 Å². The van der Waals surface area contributed by atoms with Crippen molar-refractivity contribution < 1.29 is 14.4 Å². The van der Waals surface area contributed by atoms with E-state index < -0.39 is 5.63 Å². The van der Waals surface area contributed by atoms with Crippen LogP contribution in [0.1, 0.15) is 12.5 Å². The molecule has 0 saturated carbocycles. The van der Waals surface area contributed by atoms with Gasteiger partial charge in [0.15, 0.2) is 0 Å². The zero-order valence-corrected chi connectivity index (χ0v) is 9.43. The van der Waals surface area contributed by atoms with E-state index in [4.69, 9.17) is 14.4 Å². The summed E-state index contributed by atoms with van der Waals surface area (Å²) in [6.45, 7) is 1.53. The van der Waals surface area contributed by atoms with Crippen molar-refractivity contribution in [3.63, 3.8) is 0 Å². The zero-order chi connectivity index (χ0) is 12.4. The van der Waals surface area contributed by atoms with E-state index in [-0.39, 0.29) is 11.3 Å². The molecule has 1 heterocycles. The van der Waals surface area contributed by atoms with E-state index in [0.717, 1.165) is 0 Å². The maximum atomic E-state index is 11.6. The lowest BCUT2D eigenvalue weighted by atomic mass is 10.1. The van der Waals surface area contributed by atoms with E-state index >= 15 is 0 Å². The van der Waals surface area contributed by atoms with Crippen molar-refractivity contribution in [1.82, 2.24) is 0 Å². The Morgan fingerprint density at radius 3 is 2.82 bits per heavy atom. The van der Waals surface area contributed by atoms with Crippen LogP contribution in [0, 0.1) is 0 Å². The summed E-state index contributed by atoms with van der Waals surface area (Å²) in [5.74, 6) is 0.663. The number of nitrogens with zero attached hydrogens (tertiary/aromatic N) is 1. The minimum Gasteiger partial charge on any atom is -0.497 e. The Morgan fingerprint density at radius 1 is 1.41 bits per heavy atom. The molecule has 2 aromatic rings. The van der Waals surface area contributed by atoms with Gasteiger partial charge < -0.3 is 14.4 Å². The van der Waals surface area contributed by atoms with Gasteiger partial charge in [0.2, 0.25) is 0 Å². The number of hydrogen-bond donors (Lipinski definition) is 1. The number of oxime groups is 1. The van der Waals surface area contributed by atoms with Crippen LogP contribution in [-0.4, -0.2) is 18.0 Å². The smallest absolute Gasteiger partial charge is 0.345 e. The molecule has 2 rings (SSSR count). The van der Waals surface area contributed by atoms with Gasteiger partial charge in [0, 0.05) is 5.39 Å². The zero-order valence-electron chi connectivity index (χ0n) is 9.43. The first-order valence-electron chi connectivity index (χ1n) is 4.96. The summed E-state index contributed by atoms with van der Waals surface area (Å²) in [6, 6.07) is 6.72. The molecule has 0 unspecified atom stereocenters. The first kappa shape index (κ1) is 11.2. The maximum Gasteiger partial charge on any atom is 0.345 e. The van der Waals surface area contributed by atoms with Gasteiger partial charge in [-0.2, -0.15) is 0 Å². The predicted octanol–water partition coefficient (Wildman–Crippen LogP) is 2.00. The Labute approximate surface area is 96.9 Å². The molecule has 0 saturated heterocycles. The molecule has 88 valence electrons. The fourth-order valence-electron chi connectivity index (χ4n) is 1.53. The first-order chi connectivity index (χ1) is 8.15. The SMILES string of the molecule is COc1ccc2oc(=O)c(/C(C)=N/O)cc2c1. The van der Waals surface area contributed by atoms with Crippen molar-refractivity contribution in [1.29, 1.82) is 0 Å². The fraction of sp³-hybridized carbons (Fsp3) is 0.167. The van der Waals surface area contributed by atoms with Gasteiger partial charge in [0.1, 0.15) is 11.3 Å². The monoisotopic (exact) mass is 233 g/mol. The Morgan fingerprint density at radius 2 is 2.18 bits per heavy atom. The molecular formula is C12H11NO4. The van der Waals surface area contributed by atoms with Gasteiger partial charge in [-0.3, -0.25) is 0 Å². The van der Waals surface area contributed by atoms with E-state index in [1.54, 1.807) is 31.4 Å². The largest absolute Gasteiger partial charge is 0.497 e. The summed E-state index contributed by atoms with van der Waals surface area (Å²) in [5, 5.41) is 12.4. The van der Waals surface area contributed by atoms with E-state index in [0.29, 0.717) is 16.7 Å². The summed E-state index contributed by atoms with van der Waals surface area (Å²) in [5.41, 5.74) is 0.375. The quantitative estimate of drug-likeness (QED) is 0.372. The Balaban J connectivity index is 2.73. The van der Waals surface area contributed by atoms with Gasteiger partial charge in [0.05, 0.1) is 18.4 Å². The lowest BCUT2D eigenvalue weighted by molar-refractivity contribution is 0.319. The molecule has 0 aliphatic carbocycles. The second-order valence-electron chi connectivity index (χ2n) is 3.54. The van der Waals surface area contributed by atoms with Gasteiger partial charge in [-0.15, -0.1) is 0 Å². The van der Waals surface area contributed by atoms with Crippen LogP contribution in [0.2, 0.25) is 0 Å². The number of benzene rings is 1. The average molecular weight is 233 g/mol. The van der Waals surface area contributed by atoms with Crippen molar-refractivity contribution >= 4 is 16.7 Å². The summed E-state index contributed by atoms with van der Waals surface area (Å²) in [7, 11) is 1.56. The van der Waals surface area contributed by atoms with Gasteiger partial charge in [-0.1, -0.05) is 5.16 Å². The van der Waals surface area contributed by atoms with Crippen molar-refractivity contribution in [3.05, 3.63) is 40.2 Å². The molecule has 0 amide bonds. The molecule has 0 atom stereocenters. The van der Waals surface area contributed by atoms with E-state index in [2.05, 4.69) is 5.16 Å². The third-order valence-electron chi connectivity index (χ3n) is 2.48. The standard InChI is InChI=1S/C12H11NO4/c1-7(13-15)10-6-8-5-9(16-2)3-4-11(8)17-12(10)14/h3-6,15H,1-2H3/b13-7+. The normalized spacial score (nSPS) is 11.8. The highest BCUT2D eigenvalue weighted by Crippen LogP contribution is 2.20. The number of ether oxygens (including phenoxy) is 1. The van der Waals surface area contributed by atoms with Crippen LogP contribution < -0.4 is 10.4 Å². The van der Waals surface area contributed by atoms with Crippen LogP contribution in [0.25, 0.3) is 11.0 Å². The highest BCUT2D eigenvalue weighted by molar-refractivity contribution is 6.00. The predicted molar refractivity (Wildman–Crippen MR) is 63.0 cm³/mol. The second kappa shape index (κ2) is 4.29. The molecule has 0 bridgehead atoms. The summed E-state index contributed by atoms with van der Waals surface area (Å²) < 4.78 is 10.2. The van der Waals surface area contributed by atoms with E-state index in [9.17, 15) is 4.79 Å². The van der Waals surface area contributed by atoms with E-state index in [1.807, 2.05) is 0 Å². The Kier molecular flexibility index (Phi) is 2.82. The minimum atomic E-state index is -0.530. The summed E-state index contributed by atoms with van der Waals surface area (Å²) in [4.78, 5) is 11.6. The number of fused-ring (bicyclic) bond motifs is 1. The molecule has 0 aliphatic rings. The molecule has 1 aromatic carbocycles. The van der Waals surface area contributed by atoms with Crippen molar-refractivity contribution in [2.24, 2.45) is 5.16 Å². The highest BCUT2D eigenvalue weighted by atomic mass is 16.5. The van der Waals surface area contributed by atoms with Crippen LogP contribution in [0.4, 0.5) is 0 Å². The van der Waals surface area contributed by atoms with Gasteiger partial charge in [0.25, 0.3) is 0 Å². The summed E-state index contributed by atoms with van der Waals surface area (Å²) >= 11 is 0. The molecule has 1 N–H and O–H groups in total. The van der Waals surface area contributed by atoms with Gasteiger partial charge in [-0.05, 0) is 31.2 Å². The van der Waals surface area contributed by atoms with Crippen LogP contribution in [0.3, 0.4) is 0 Å². The van der Waals surface area contributed by atoms with E-state index in [1.165, 1.54) is 6.92 Å². The molecule has 0 radical (unpaired) electrons. The maximum absolute atomic E-state index is 11.6. The molecule has 1 aromatic heterocycles. The fourth-order valence-corrected chi connectivity index (χ4v) is 1.53. The number of hydrogen-bond acceptors (Lipinski definition) is 5. The first-order valence-corrected chi connectivity index (χ1v) is 4.96. The second-order valence-corrected chi connectivity index (χ2v) is 3.54. The van der Waals surface area contributed by atoms with Gasteiger partial charge in [-0.25, -0.2) is 4.79 Å². The molecule has 0 aliphatic heterocycles. The van der Waals surface area contributed by atoms with Crippen LogP contribution >= 0.6 is 0 Å². The third kappa shape index (κ3) is 1.99. The van der Waals surface area contributed by atoms with Gasteiger partial charge >= 0.3 is 5.63 Å². The molecule has 17 heavy (non-hydrogen) atoms. The lowest BCUT2D eigenvalue weighted by Gasteiger charge is -2.03. The Bertz CT molecular complexity index is 642. The van der Waals surface area contributed by atoms with Crippen molar-refractivity contribution in [2.75, 3.05) is 7.11 Å². The lowest BCUT2D eigenvalue weighted by Crippen LogP contribution is -2.11. The average Bonchev–Trinajstić information content (AvgIpc) is 2.36. The molecule has 0 spiro atoms. The molecule has 5 heteroatoms. The molecule has 5 nitrogen and oxygen atoms in total. The van der Waals surface area contributed by atoms with Crippen molar-refractivity contribution in [2.45, 2.75) is 6.92 Å².